The zero-order chi connectivity index (χ0) is 26.3. The zero-order valence-corrected chi connectivity index (χ0v) is 19.5. The molecule has 2 aliphatic rings. The number of hydrogen-bond donors (Lipinski definition) is 4. The molecule has 186 valence electrons. The second-order valence-electron chi connectivity index (χ2n) is 8.90. The lowest BCUT2D eigenvalue weighted by atomic mass is 9.97. The Kier molecular flexibility index (Phi) is 6.02. The van der Waals surface area contributed by atoms with Gasteiger partial charge in [-0.1, -0.05) is 36.4 Å². The number of carboxylic acids is 1. The standard InChI is InChI=1S/C27H23N5O5/c28-16-8-7-15-12-22(33)32(26(35)19(15)13-16)17-9-5-14(6-10-17)11-21(27(36)37)31-25(34)24-23(29)18-3-1-2-4-20(18)30-24/h1-10,13,21,23H,11-12,28-29H2,(H,31,34)(H,36,37). The summed E-state index contributed by atoms with van der Waals surface area (Å²) < 4.78 is 0. The van der Waals surface area contributed by atoms with Crippen LogP contribution in [0, 0.1) is 0 Å². The Morgan fingerprint density at radius 1 is 1.08 bits per heavy atom. The number of imide groups is 1. The van der Waals surface area contributed by atoms with E-state index in [1.54, 1.807) is 66.7 Å². The third-order valence-electron chi connectivity index (χ3n) is 6.44. The quantitative estimate of drug-likeness (QED) is 0.298. The van der Waals surface area contributed by atoms with Gasteiger partial charge in [-0.25, -0.2) is 14.7 Å². The maximum Gasteiger partial charge on any atom is 0.326 e. The van der Waals surface area contributed by atoms with Gasteiger partial charge in [-0.05, 0) is 41.5 Å². The Morgan fingerprint density at radius 2 is 1.81 bits per heavy atom. The summed E-state index contributed by atoms with van der Waals surface area (Å²) in [7, 11) is 0. The molecule has 0 radical (unpaired) electrons. The van der Waals surface area contributed by atoms with Crippen LogP contribution in [-0.2, 0) is 27.2 Å². The normalized spacial score (nSPS) is 17.1. The van der Waals surface area contributed by atoms with Gasteiger partial charge in [0.15, 0.2) is 0 Å². The molecule has 6 N–H and O–H groups in total. The number of carbonyl (C=O) groups is 4. The molecule has 3 aromatic carbocycles. The summed E-state index contributed by atoms with van der Waals surface area (Å²) in [6, 6.07) is 16.3. The summed E-state index contributed by atoms with van der Waals surface area (Å²) in [6.07, 6.45) is 0.0319. The monoisotopic (exact) mass is 497 g/mol. The number of nitrogens with one attached hydrogen (secondary N) is 1. The highest BCUT2D eigenvalue weighted by Crippen LogP contribution is 2.32. The van der Waals surface area contributed by atoms with Crippen molar-refractivity contribution in [1.82, 2.24) is 5.32 Å². The minimum atomic E-state index is -1.25. The van der Waals surface area contributed by atoms with Crippen molar-refractivity contribution >= 4 is 46.5 Å². The summed E-state index contributed by atoms with van der Waals surface area (Å²) >= 11 is 0. The van der Waals surface area contributed by atoms with Crippen LogP contribution in [-0.4, -0.2) is 40.6 Å². The minimum Gasteiger partial charge on any atom is -0.480 e. The van der Waals surface area contributed by atoms with Gasteiger partial charge in [0.1, 0.15) is 11.8 Å². The van der Waals surface area contributed by atoms with Gasteiger partial charge in [0.2, 0.25) is 5.91 Å². The molecule has 0 aromatic heterocycles. The molecule has 2 aliphatic heterocycles. The fraction of sp³-hybridized carbons (Fsp3) is 0.148. The molecule has 0 spiro atoms. The van der Waals surface area contributed by atoms with Crippen LogP contribution in [0.25, 0.3) is 0 Å². The van der Waals surface area contributed by atoms with Crippen molar-refractivity contribution < 1.29 is 24.3 Å². The third kappa shape index (κ3) is 4.45. The number of fused-ring (bicyclic) bond motifs is 2. The van der Waals surface area contributed by atoms with Crippen molar-refractivity contribution in [2.75, 3.05) is 10.6 Å². The number of hydrogen-bond acceptors (Lipinski definition) is 7. The van der Waals surface area contributed by atoms with Gasteiger partial charge in [0, 0.05) is 23.2 Å². The zero-order valence-electron chi connectivity index (χ0n) is 19.5. The van der Waals surface area contributed by atoms with Crippen LogP contribution in [0.4, 0.5) is 17.1 Å². The van der Waals surface area contributed by atoms with E-state index in [-0.39, 0.29) is 24.5 Å². The van der Waals surface area contributed by atoms with Crippen molar-refractivity contribution in [2.24, 2.45) is 10.7 Å². The SMILES string of the molecule is Nc1ccc2c(c1)C(=O)N(c1ccc(CC(NC(=O)C3=Nc4ccccc4C3N)C(=O)O)cc1)C(=O)C2. The second kappa shape index (κ2) is 9.32. The van der Waals surface area contributed by atoms with E-state index in [1.807, 2.05) is 0 Å². The van der Waals surface area contributed by atoms with Crippen molar-refractivity contribution in [3.05, 3.63) is 89.0 Å². The predicted octanol–water partition coefficient (Wildman–Crippen LogP) is 1.90. The van der Waals surface area contributed by atoms with Gasteiger partial charge >= 0.3 is 5.97 Å². The minimum absolute atomic E-state index is 0.0297. The number of nitrogens with zero attached hydrogens (tertiary/aromatic N) is 2. The van der Waals surface area contributed by atoms with Crippen LogP contribution in [0.2, 0.25) is 0 Å². The van der Waals surface area contributed by atoms with Crippen LogP contribution in [0.3, 0.4) is 0 Å². The average Bonchev–Trinajstić information content (AvgIpc) is 3.22. The maximum atomic E-state index is 13.0. The van der Waals surface area contributed by atoms with E-state index in [0.717, 1.165) is 4.90 Å². The molecule has 3 aromatic rings. The Morgan fingerprint density at radius 3 is 2.51 bits per heavy atom. The molecule has 3 amide bonds. The number of amides is 3. The molecular weight excluding hydrogens is 474 g/mol. The first-order valence-corrected chi connectivity index (χ1v) is 11.5. The highest BCUT2D eigenvalue weighted by atomic mass is 16.4. The van der Waals surface area contributed by atoms with Gasteiger partial charge in [-0.15, -0.1) is 0 Å². The van der Waals surface area contributed by atoms with Crippen LogP contribution in [0.5, 0.6) is 0 Å². The Hall–Kier alpha value is -4.83. The van der Waals surface area contributed by atoms with E-state index in [9.17, 15) is 24.3 Å². The van der Waals surface area contributed by atoms with Crippen LogP contribution in [0.1, 0.15) is 33.1 Å². The van der Waals surface area contributed by atoms with Crippen molar-refractivity contribution in [1.29, 1.82) is 0 Å². The Labute approximate surface area is 211 Å². The Balaban J connectivity index is 1.30. The van der Waals surface area contributed by atoms with Crippen LogP contribution < -0.4 is 21.7 Å². The molecule has 5 rings (SSSR count). The molecule has 0 fully saturated rings. The summed E-state index contributed by atoms with van der Waals surface area (Å²) in [5.74, 6) is -2.73. The van der Waals surface area contributed by atoms with Gasteiger partial charge in [0.05, 0.1) is 23.8 Å². The fourth-order valence-electron chi connectivity index (χ4n) is 4.52. The number of aliphatic carboxylic acids is 1. The van der Waals surface area contributed by atoms with Crippen molar-refractivity contribution in [3.63, 3.8) is 0 Å². The van der Waals surface area contributed by atoms with Gasteiger partial charge in [-0.3, -0.25) is 14.4 Å². The molecule has 2 heterocycles. The molecule has 0 saturated carbocycles. The molecule has 2 unspecified atom stereocenters. The lowest BCUT2D eigenvalue weighted by Crippen LogP contribution is -2.46. The number of para-hydroxylation sites is 1. The first-order valence-electron chi connectivity index (χ1n) is 11.5. The number of benzene rings is 3. The second-order valence-corrected chi connectivity index (χ2v) is 8.90. The summed E-state index contributed by atoms with van der Waals surface area (Å²) in [5, 5.41) is 12.2. The highest BCUT2D eigenvalue weighted by Gasteiger charge is 2.33. The first-order chi connectivity index (χ1) is 17.7. The number of rotatable bonds is 6. The van der Waals surface area contributed by atoms with Gasteiger partial charge in [-0.2, -0.15) is 0 Å². The summed E-state index contributed by atoms with van der Waals surface area (Å²) in [6.45, 7) is 0. The molecule has 10 heteroatoms. The molecule has 10 nitrogen and oxygen atoms in total. The molecule has 2 atom stereocenters. The molecule has 0 bridgehead atoms. The maximum absolute atomic E-state index is 13.0. The van der Waals surface area contributed by atoms with Crippen LogP contribution >= 0.6 is 0 Å². The van der Waals surface area contributed by atoms with Crippen LogP contribution in [0.15, 0.2) is 71.7 Å². The molecule has 37 heavy (non-hydrogen) atoms. The van der Waals surface area contributed by atoms with Crippen molar-refractivity contribution in [3.8, 4) is 0 Å². The van der Waals surface area contributed by atoms with E-state index in [0.29, 0.717) is 39.3 Å². The average molecular weight is 498 g/mol. The van der Waals surface area contributed by atoms with Crippen molar-refractivity contribution in [2.45, 2.75) is 24.9 Å². The topological polar surface area (TPSA) is 168 Å². The van der Waals surface area contributed by atoms with E-state index in [2.05, 4.69) is 10.3 Å². The van der Waals surface area contributed by atoms with Gasteiger partial charge < -0.3 is 21.9 Å². The predicted molar refractivity (Wildman–Crippen MR) is 137 cm³/mol. The number of anilines is 2. The number of nitrogen functional groups attached to an aromatic ring is 1. The smallest absolute Gasteiger partial charge is 0.326 e. The van der Waals surface area contributed by atoms with Gasteiger partial charge in [0.25, 0.3) is 11.8 Å². The third-order valence-corrected chi connectivity index (χ3v) is 6.44. The number of nitrogens with two attached hydrogens (primary N) is 2. The molecular formula is C27H23N5O5. The Bertz CT molecular complexity index is 1480. The number of aliphatic imine (C=N–C) groups is 1. The highest BCUT2D eigenvalue weighted by molar-refractivity contribution is 6.42. The largest absolute Gasteiger partial charge is 0.480 e. The molecule has 0 aliphatic carbocycles. The summed E-state index contributed by atoms with van der Waals surface area (Å²) in [5.41, 5.74) is 15.6. The molecule has 0 saturated heterocycles. The van der Waals surface area contributed by atoms with E-state index in [4.69, 9.17) is 11.5 Å². The number of carboxylic acid groups (broad SMARTS) is 1. The van der Waals surface area contributed by atoms with E-state index >= 15 is 0 Å². The van der Waals surface area contributed by atoms with E-state index < -0.39 is 29.9 Å². The lowest BCUT2D eigenvalue weighted by molar-refractivity contribution is -0.141. The number of carbonyl (C=O) groups excluding carboxylic acids is 3. The fourth-order valence-corrected chi connectivity index (χ4v) is 4.52. The summed E-state index contributed by atoms with van der Waals surface area (Å²) in [4.78, 5) is 55.7. The first kappa shape index (κ1) is 23.9. The lowest BCUT2D eigenvalue weighted by Gasteiger charge is -2.27. The van der Waals surface area contributed by atoms with E-state index in [1.165, 1.54) is 0 Å².